The van der Waals surface area contributed by atoms with E-state index in [1.165, 1.54) is 91.7 Å². The van der Waals surface area contributed by atoms with E-state index in [9.17, 15) is 57.0 Å². The number of benzene rings is 2. The summed E-state index contributed by atoms with van der Waals surface area (Å²) in [4.78, 5) is 111. The fourth-order valence-electron chi connectivity index (χ4n) is 9.85. The van der Waals surface area contributed by atoms with Crippen molar-refractivity contribution in [3.63, 3.8) is 0 Å². The number of imide groups is 1. The third kappa shape index (κ3) is 17.9. The van der Waals surface area contributed by atoms with Gasteiger partial charge < -0.3 is 48.5 Å². The first-order valence-electron chi connectivity index (χ1n) is 27.5. The van der Waals surface area contributed by atoms with E-state index in [1.807, 2.05) is 26.8 Å². The highest BCUT2D eigenvalue weighted by Gasteiger charge is 2.49. The second kappa shape index (κ2) is 29.0. The molecule has 7 atom stereocenters. The number of halogens is 1. The summed E-state index contributed by atoms with van der Waals surface area (Å²) in [5.41, 5.74) is 1.12. The van der Waals surface area contributed by atoms with Gasteiger partial charge in [-0.05, 0) is 95.7 Å². The molecule has 6 amide bonds. The summed E-state index contributed by atoms with van der Waals surface area (Å²) in [5, 5.41) is 31.5. The van der Waals surface area contributed by atoms with Gasteiger partial charge in [0.2, 0.25) is 17.7 Å². The van der Waals surface area contributed by atoms with E-state index in [0.717, 1.165) is 11.1 Å². The van der Waals surface area contributed by atoms with Crippen LogP contribution in [0.4, 0.5) is 10.5 Å². The van der Waals surface area contributed by atoms with E-state index in [4.69, 9.17) is 40.1 Å². The van der Waals surface area contributed by atoms with Crippen LogP contribution in [0.25, 0.3) is 0 Å². The van der Waals surface area contributed by atoms with Gasteiger partial charge in [-0.3, -0.25) is 29.3 Å². The average Bonchev–Trinajstić information content (AvgIpc) is 2.54. The molecule has 0 aromatic heterocycles. The molecule has 2 aromatic rings. The lowest BCUT2D eigenvalue weighted by atomic mass is 9.81. The van der Waals surface area contributed by atoms with Gasteiger partial charge in [0.25, 0.3) is 11.8 Å². The molecule has 4 aliphatic heterocycles. The summed E-state index contributed by atoms with van der Waals surface area (Å²) in [6.45, 7) is 10.0. The molecule has 0 saturated carbocycles. The van der Waals surface area contributed by atoms with Crippen LogP contribution in [0.2, 0.25) is 5.02 Å². The van der Waals surface area contributed by atoms with Gasteiger partial charge in [-0.1, -0.05) is 63.9 Å². The molecule has 1 unspecified atom stereocenters. The largest absolute Gasteiger partial charge is 0.495 e. The Labute approximate surface area is 507 Å². The SMILES string of the molecule is COc1cc2cc(c1Cl)N(C)C(=O)C[C@H](OC(=O)[C@H](C)N(C)C(=O)CCSSC(C)(C)CC(=O)N/N=C1\CCS(=O)(=O)c3cc(OCCCC(=O)ON4C(=O)CCC4=O)ccc31)C(C)(O)C[C@H](C)[C@@H]1C[C@@](O)(NC(=O)O1)[C@H](OC)/C=C/C=C(\C)C2. The van der Waals surface area contributed by atoms with Crippen LogP contribution in [-0.4, -0.2) is 169 Å². The molecule has 466 valence electrons. The Bertz CT molecular complexity index is 3080. The second-order valence-corrected chi connectivity index (χ2v) is 27.8. The van der Waals surface area contributed by atoms with Gasteiger partial charge in [0, 0.05) is 75.8 Å². The number of carbonyl (C=O) groups excluding carboxylic acids is 8. The van der Waals surface area contributed by atoms with Crippen molar-refractivity contribution in [1.29, 1.82) is 0 Å². The maximum atomic E-state index is 14.3. The molecule has 2 fully saturated rings. The summed E-state index contributed by atoms with van der Waals surface area (Å²) >= 11 is 6.80. The number of likely N-dealkylation sites (N-methyl/N-ethyl adjacent to an activating group) is 1. The maximum absolute atomic E-state index is 14.3. The zero-order valence-electron chi connectivity index (χ0n) is 49.2. The molecular weight excluding hydrogens is 1190 g/mol. The Morgan fingerprint density at radius 1 is 1.04 bits per heavy atom. The number of ether oxygens (including phenoxy) is 5. The van der Waals surface area contributed by atoms with Gasteiger partial charge in [0.15, 0.2) is 15.6 Å². The lowest BCUT2D eigenvalue weighted by Crippen LogP contribution is -2.63. The van der Waals surface area contributed by atoms with Crippen molar-refractivity contribution in [2.24, 2.45) is 11.0 Å². The summed E-state index contributed by atoms with van der Waals surface area (Å²) in [5.74, 6) is -4.59. The number of amides is 6. The summed E-state index contributed by atoms with van der Waals surface area (Å²) in [6.07, 6.45) is -0.0178. The van der Waals surface area contributed by atoms with Gasteiger partial charge in [-0.2, -0.15) is 5.10 Å². The van der Waals surface area contributed by atoms with Crippen molar-refractivity contribution in [2.45, 2.75) is 157 Å². The summed E-state index contributed by atoms with van der Waals surface area (Å²) in [6, 6.07) is 6.65. The first-order valence-corrected chi connectivity index (χ1v) is 31.8. The molecule has 0 aliphatic carbocycles. The van der Waals surface area contributed by atoms with E-state index in [2.05, 4.69) is 15.8 Å². The van der Waals surface area contributed by atoms with Crippen molar-refractivity contribution in [1.82, 2.24) is 20.7 Å². The van der Waals surface area contributed by atoms with E-state index in [1.54, 1.807) is 31.2 Å². The number of nitrogens with zero attached hydrogens (tertiary/aromatic N) is 4. The molecule has 0 radical (unpaired) electrons. The number of allylic oxidation sites excluding steroid dienone is 3. The molecule has 2 aromatic carbocycles. The number of esters is 1. The highest BCUT2D eigenvalue weighted by molar-refractivity contribution is 8.77. The second-order valence-electron chi connectivity index (χ2n) is 22.3. The Morgan fingerprint density at radius 3 is 2.42 bits per heavy atom. The number of fused-ring (bicyclic) bond motifs is 5. The molecule has 4 aliphatic rings. The topological polar surface area (TPSA) is 313 Å². The smallest absolute Gasteiger partial charge is 0.409 e. The van der Waals surface area contributed by atoms with Crippen LogP contribution in [0.5, 0.6) is 11.5 Å². The predicted molar refractivity (Wildman–Crippen MR) is 316 cm³/mol. The van der Waals surface area contributed by atoms with Crippen molar-refractivity contribution in [3.8, 4) is 11.5 Å². The fourth-order valence-corrected chi connectivity index (χ4v) is 14.1. The van der Waals surface area contributed by atoms with Crippen LogP contribution in [0.15, 0.2) is 64.1 Å². The number of hydroxylamine groups is 2. The molecule has 85 heavy (non-hydrogen) atoms. The minimum Gasteiger partial charge on any atom is -0.495 e. The van der Waals surface area contributed by atoms with Crippen molar-refractivity contribution < 1.29 is 85.5 Å². The predicted octanol–water partition coefficient (Wildman–Crippen LogP) is 5.90. The van der Waals surface area contributed by atoms with Crippen LogP contribution < -0.4 is 25.1 Å². The van der Waals surface area contributed by atoms with Crippen LogP contribution in [0.3, 0.4) is 0 Å². The standard InChI is InChI=1S/C57H75ClN6O18S3/c1-33-13-11-14-44(78-10)57(74)31-42(80-54(72)59-57)34(2)30-56(6,73)45(29-50(69)63(8)40-26-36(25-33)27-41(77-9)52(40)58)81-53(71)35(3)62(7)47(66)20-23-83-84-55(4,5)32-46(65)61-60-39-21-24-85(75,76)43-28-37(16-17-38(39)43)79-22-12-15-51(70)82-64-48(67)18-19-49(64)68/h11,13-14,16-17,26-28,34-35,42,44-45,73-74H,12,15,18-25,29-32H2,1-10H3,(H,59,72)(H,61,65)/b14-11+,33-13+,60-39+/t34-,35-,42-,44+,45-,56?,57-/m0/s1. The maximum Gasteiger partial charge on any atom is 0.409 e. The molecule has 28 heteroatoms. The van der Waals surface area contributed by atoms with Gasteiger partial charge >= 0.3 is 18.0 Å². The number of nitrogens with one attached hydrogen (secondary N) is 2. The van der Waals surface area contributed by atoms with Gasteiger partial charge in [-0.25, -0.2) is 28.2 Å². The first-order chi connectivity index (χ1) is 39.9. The number of rotatable bonds is 19. The number of methoxy groups -OCH3 is 2. The zero-order valence-corrected chi connectivity index (χ0v) is 52.4. The first kappa shape index (κ1) is 67.9. The zero-order chi connectivity index (χ0) is 62.8. The monoisotopic (exact) mass is 1260 g/mol. The average molecular weight is 1260 g/mol. The Hall–Kier alpha value is -6.23. The molecule has 4 bridgehead atoms. The van der Waals surface area contributed by atoms with Crippen molar-refractivity contribution in [2.75, 3.05) is 51.3 Å². The Morgan fingerprint density at radius 2 is 1.74 bits per heavy atom. The number of hydrogen-bond acceptors (Lipinski definition) is 21. The minimum atomic E-state index is -3.74. The van der Waals surface area contributed by atoms with E-state index in [-0.39, 0.29) is 103 Å². The number of hydrogen-bond donors (Lipinski definition) is 4. The fraction of sp³-hybridized carbons (Fsp3) is 0.561. The third-order valence-electron chi connectivity index (χ3n) is 14.8. The van der Waals surface area contributed by atoms with Crippen molar-refractivity contribution >= 4 is 102 Å². The Balaban J connectivity index is 1.05. The number of anilines is 1. The van der Waals surface area contributed by atoms with E-state index < -0.39 is 110 Å². The molecule has 24 nitrogen and oxygen atoms in total. The number of hydrazone groups is 1. The van der Waals surface area contributed by atoms with Crippen LogP contribution in [0, 0.1) is 5.92 Å². The molecule has 4 heterocycles. The molecule has 4 N–H and O–H groups in total. The van der Waals surface area contributed by atoms with Gasteiger partial charge in [-0.15, -0.1) is 5.06 Å². The van der Waals surface area contributed by atoms with Crippen LogP contribution in [0.1, 0.15) is 117 Å². The highest BCUT2D eigenvalue weighted by Crippen LogP contribution is 2.40. The van der Waals surface area contributed by atoms with E-state index in [0.29, 0.717) is 22.9 Å². The summed E-state index contributed by atoms with van der Waals surface area (Å²) < 4.78 is 54.1. The van der Waals surface area contributed by atoms with Crippen LogP contribution >= 0.6 is 33.2 Å². The lowest BCUT2D eigenvalue weighted by molar-refractivity contribution is -0.197. The quantitative estimate of drug-likeness (QED) is 0.0418. The van der Waals surface area contributed by atoms with Gasteiger partial charge in [0.05, 0.1) is 54.2 Å². The summed E-state index contributed by atoms with van der Waals surface area (Å²) in [7, 11) is 4.67. The highest BCUT2D eigenvalue weighted by atomic mass is 35.5. The molecule has 2 saturated heterocycles. The number of carbonyl (C=O) groups is 8. The number of aliphatic hydroxyl groups is 2. The normalized spacial score (nSPS) is 25.6. The third-order valence-corrected chi connectivity index (χ3v) is 20.2. The molecule has 0 spiro atoms. The number of alkyl carbamates (subject to hydrolysis) is 1. The molecular formula is C57H75ClN6O18S3. The Kier molecular flexibility index (Phi) is 23.1. The van der Waals surface area contributed by atoms with Gasteiger partial charge in [0.1, 0.15) is 40.9 Å². The number of sulfone groups is 1. The van der Waals surface area contributed by atoms with Crippen LogP contribution in [-0.2, 0) is 68.9 Å². The molecule has 6 rings (SSSR count). The van der Waals surface area contributed by atoms with Crippen molar-refractivity contribution in [3.05, 3.63) is 70.3 Å². The lowest BCUT2D eigenvalue weighted by Gasteiger charge is -2.43. The minimum absolute atomic E-state index is 0.00416. The van der Waals surface area contributed by atoms with E-state index >= 15 is 0 Å².